The number of hydrogen-bond donors (Lipinski definition) is 1. The predicted molar refractivity (Wildman–Crippen MR) is 81.6 cm³/mol. The maximum atomic E-state index is 12.2. The average Bonchev–Trinajstić information content (AvgIpc) is 2.45. The molecule has 1 aromatic carbocycles. The second-order valence-electron chi connectivity index (χ2n) is 5.59. The van der Waals surface area contributed by atoms with Gasteiger partial charge in [0.25, 0.3) is 0 Å². The maximum absolute atomic E-state index is 12.2. The zero-order valence-corrected chi connectivity index (χ0v) is 13.1. The van der Waals surface area contributed by atoms with Crippen LogP contribution >= 0.6 is 0 Å². The Kier molecular flexibility index (Phi) is 4.86. The van der Waals surface area contributed by atoms with Crippen LogP contribution in [0.25, 0.3) is 0 Å². The summed E-state index contributed by atoms with van der Waals surface area (Å²) < 4.78 is 24.4. The summed E-state index contributed by atoms with van der Waals surface area (Å²) in [5.74, 6) is 0.212. The van der Waals surface area contributed by atoms with Crippen LogP contribution in [0.15, 0.2) is 18.2 Å². The lowest BCUT2D eigenvalue weighted by Gasteiger charge is -2.28. The highest BCUT2D eigenvalue weighted by molar-refractivity contribution is 7.92. The van der Waals surface area contributed by atoms with E-state index < -0.39 is 21.2 Å². The van der Waals surface area contributed by atoms with Crippen LogP contribution in [-0.2, 0) is 22.7 Å². The van der Waals surface area contributed by atoms with Gasteiger partial charge in [-0.25, -0.2) is 8.42 Å². The van der Waals surface area contributed by atoms with E-state index in [1.54, 1.807) is 0 Å². The zero-order valence-electron chi connectivity index (χ0n) is 12.3. The smallest absolute Gasteiger partial charge is 0.156 e. The Morgan fingerprint density at radius 2 is 2.00 bits per heavy atom. The van der Waals surface area contributed by atoms with Crippen LogP contribution in [0, 0.1) is 0 Å². The van der Waals surface area contributed by atoms with E-state index in [1.165, 1.54) is 0 Å². The third-order valence-electron chi connectivity index (χ3n) is 4.30. The van der Waals surface area contributed by atoms with E-state index in [-0.39, 0.29) is 5.75 Å². The van der Waals surface area contributed by atoms with Gasteiger partial charge in [0, 0.05) is 0 Å². The van der Waals surface area contributed by atoms with Gasteiger partial charge in [0.05, 0.1) is 17.1 Å². The quantitative estimate of drug-likeness (QED) is 0.929. The number of benzene rings is 1. The third-order valence-corrected chi connectivity index (χ3v) is 6.57. The Hall–Kier alpha value is -0.870. The normalized spacial score (nSPS) is 23.4. The molecule has 0 saturated carbocycles. The summed E-state index contributed by atoms with van der Waals surface area (Å²) >= 11 is 0. The first kappa shape index (κ1) is 15.5. The Balaban J connectivity index is 2.38. The van der Waals surface area contributed by atoms with Gasteiger partial charge in [0.15, 0.2) is 9.84 Å². The van der Waals surface area contributed by atoms with Crippen molar-refractivity contribution >= 4 is 9.84 Å². The third kappa shape index (κ3) is 3.07. The number of sulfone groups is 1. The summed E-state index contributed by atoms with van der Waals surface area (Å²) in [6.45, 7) is 4.10. The van der Waals surface area contributed by atoms with Gasteiger partial charge in [-0.2, -0.15) is 0 Å². The van der Waals surface area contributed by atoms with Crippen LogP contribution in [0.5, 0.6) is 0 Å². The van der Waals surface area contributed by atoms with Crippen LogP contribution in [0.1, 0.15) is 55.9 Å². The molecule has 0 spiro atoms. The fourth-order valence-corrected chi connectivity index (χ4v) is 4.97. The molecule has 0 aliphatic carbocycles. The van der Waals surface area contributed by atoms with Gasteiger partial charge in [-0.15, -0.1) is 0 Å². The van der Waals surface area contributed by atoms with Gasteiger partial charge < -0.3 is 5.11 Å². The van der Waals surface area contributed by atoms with Crippen LogP contribution in [0.3, 0.4) is 0 Å². The van der Waals surface area contributed by atoms with E-state index in [0.29, 0.717) is 6.42 Å². The molecular weight excluding hydrogens is 272 g/mol. The molecule has 1 heterocycles. The van der Waals surface area contributed by atoms with Crippen molar-refractivity contribution in [1.82, 2.24) is 0 Å². The minimum Gasteiger partial charge on any atom is -0.387 e. The largest absolute Gasteiger partial charge is 0.387 e. The molecule has 3 nitrogen and oxygen atoms in total. The molecule has 0 radical (unpaired) electrons. The molecule has 1 saturated heterocycles. The lowest BCUT2D eigenvalue weighted by atomic mass is 9.93. The van der Waals surface area contributed by atoms with Gasteiger partial charge in [-0.1, -0.05) is 38.5 Å². The van der Waals surface area contributed by atoms with Crippen LogP contribution in [0.2, 0.25) is 0 Å². The minimum absolute atomic E-state index is 0.212. The lowest BCUT2D eigenvalue weighted by Crippen LogP contribution is -2.34. The van der Waals surface area contributed by atoms with Gasteiger partial charge in [0.2, 0.25) is 0 Å². The number of hydrogen-bond acceptors (Lipinski definition) is 3. The molecule has 1 aliphatic rings. The molecule has 2 atom stereocenters. The van der Waals surface area contributed by atoms with E-state index in [1.807, 2.05) is 19.1 Å². The lowest BCUT2D eigenvalue weighted by molar-refractivity contribution is 0.163. The predicted octanol–water partition coefficient (Wildman–Crippen LogP) is 2.81. The molecule has 2 rings (SSSR count). The Labute approximate surface area is 121 Å². The fraction of sp³-hybridized carbons (Fsp3) is 0.625. The Morgan fingerprint density at radius 1 is 1.25 bits per heavy atom. The first-order valence-corrected chi connectivity index (χ1v) is 9.22. The summed E-state index contributed by atoms with van der Waals surface area (Å²) in [4.78, 5) is 0. The standard InChI is InChI=1S/C16H24O3S/c1-3-12-8-9-13(4-2)14(11-12)16(17)15-7-5-6-10-20(15,18)19/h8-9,11,15-17H,3-7,10H2,1-2H3. The van der Waals surface area contributed by atoms with E-state index in [2.05, 4.69) is 13.0 Å². The molecule has 1 fully saturated rings. The van der Waals surface area contributed by atoms with Gasteiger partial charge >= 0.3 is 0 Å². The van der Waals surface area contributed by atoms with Crippen molar-refractivity contribution in [3.8, 4) is 0 Å². The van der Waals surface area contributed by atoms with Gasteiger partial charge in [0.1, 0.15) is 0 Å². The number of aryl methyl sites for hydroxylation is 2. The van der Waals surface area contributed by atoms with E-state index in [9.17, 15) is 13.5 Å². The van der Waals surface area contributed by atoms with E-state index in [4.69, 9.17) is 0 Å². The van der Waals surface area contributed by atoms with Crippen molar-refractivity contribution in [3.63, 3.8) is 0 Å². The van der Waals surface area contributed by atoms with Gasteiger partial charge in [-0.05, 0) is 42.4 Å². The molecule has 1 aliphatic heterocycles. The molecule has 4 heteroatoms. The molecule has 0 bridgehead atoms. The highest BCUT2D eigenvalue weighted by Gasteiger charge is 2.36. The molecule has 1 aromatic rings. The molecule has 0 amide bonds. The average molecular weight is 296 g/mol. The highest BCUT2D eigenvalue weighted by Crippen LogP contribution is 2.33. The number of rotatable bonds is 4. The van der Waals surface area contributed by atoms with Crippen LogP contribution in [0.4, 0.5) is 0 Å². The van der Waals surface area contributed by atoms with Crippen molar-refractivity contribution in [1.29, 1.82) is 0 Å². The number of aliphatic hydroxyl groups is 1. The van der Waals surface area contributed by atoms with Gasteiger partial charge in [-0.3, -0.25) is 0 Å². The molecule has 0 aromatic heterocycles. The second-order valence-corrected chi connectivity index (χ2v) is 7.93. The summed E-state index contributed by atoms with van der Waals surface area (Å²) in [5, 5.41) is 10.0. The topological polar surface area (TPSA) is 54.4 Å². The van der Waals surface area contributed by atoms with Crippen molar-refractivity contribution in [3.05, 3.63) is 34.9 Å². The first-order valence-electron chi connectivity index (χ1n) is 7.51. The van der Waals surface area contributed by atoms with Crippen LogP contribution in [-0.4, -0.2) is 24.5 Å². The molecule has 112 valence electrons. The molecular formula is C16H24O3S. The second kappa shape index (κ2) is 6.27. The fourth-order valence-electron chi connectivity index (χ4n) is 3.00. The molecule has 2 unspecified atom stereocenters. The summed E-state index contributed by atoms with van der Waals surface area (Å²) in [7, 11) is -3.17. The van der Waals surface area contributed by atoms with E-state index in [0.717, 1.165) is 42.4 Å². The Morgan fingerprint density at radius 3 is 2.60 bits per heavy atom. The van der Waals surface area contributed by atoms with E-state index >= 15 is 0 Å². The monoisotopic (exact) mass is 296 g/mol. The molecule has 20 heavy (non-hydrogen) atoms. The highest BCUT2D eigenvalue weighted by atomic mass is 32.2. The van der Waals surface area contributed by atoms with Crippen molar-refractivity contribution in [2.24, 2.45) is 0 Å². The summed E-state index contributed by atoms with van der Waals surface area (Å²) in [5.41, 5.74) is 3.00. The molecule has 1 N–H and O–H groups in total. The van der Waals surface area contributed by atoms with Crippen molar-refractivity contribution in [2.45, 2.75) is 57.3 Å². The van der Waals surface area contributed by atoms with Crippen molar-refractivity contribution in [2.75, 3.05) is 5.75 Å². The summed E-state index contributed by atoms with van der Waals surface area (Å²) in [6.07, 6.45) is 2.99. The Bertz CT molecular complexity index is 563. The van der Waals surface area contributed by atoms with Crippen molar-refractivity contribution < 1.29 is 13.5 Å². The maximum Gasteiger partial charge on any atom is 0.156 e. The SMILES string of the molecule is CCc1ccc(CC)c(C(O)C2CCCCS2(=O)=O)c1. The first-order chi connectivity index (χ1) is 9.49. The summed E-state index contributed by atoms with van der Waals surface area (Å²) in [6, 6.07) is 6.06. The van der Waals surface area contributed by atoms with Crippen LogP contribution < -0.4 is 0 Å². The number of aliphatic hydroxyl groups excluding tert-OH is 1. The zero-order chi connectivity index (χ0) is 14.8. The minimum atomic E-state index is -3.17.